The Bertz CT molecular complexity index is 500. The lowest BCUT2D eigenvalue weighted by atomic mass is 10.2. The van der Waals surface area contributed by atoms with Gasteiger partial charge in [-0.15, -0.1) is 0 Å². The molecule has 0 aliphatic carbocycles. The van der Waals surface area contributed by atoms with E-state index in [-0.39, 0.29) is 6.03 Å². The second kappa shape index (κ2) is 10.4. The Balaban J connectivity index is 1.97. The van der Waals surface area contributed by atoms with Gasteiger partial charge in [-0.1, -0.05) is 18.2 Å². The van der Waals surface area contributed by atoms with Crippen LogP contribution in [0.1, 0.15) is 27.2 Å². The molecule has 0 saturated heterocycles. The van der Waals surface area contributed by atoms with Gasteiger partial charge in [0.2, 0.25) is 0 Å². The zero-order valence-electron chi connectivity index (χ0n) is 14.6. The summed E-state index contributed by atoms with van der Waals surface area (Å²) in [6.45, 7) is 7.05. The summed E-state index contributed by atoms with van der Waals surface area (Å²) in [5, 5.41) is 7.94. The van der Waals surface area contributed by atoms with E-state index in [0.717, 1.165) is 5.75 Å². The minimum atomic E-state index is -0.531. The minimum Gasteiger partial charge on any atom is -0.494 e. The van der Waals surface area contributed by atoms with Crippen molar-refractivity contribution >= 4 is 12.1 Å². The summed E-state index contributed by atoms with van der Waals surface area (Å²) < 4.78 is 10.6. The number of nitrogens with one attached hydrogen (secondary N) is 3. The molecule has 0 bridgehead atoms. The van der Waals surface area contributed by atoms with Crippen molar-refractivity contribution in [1.29, 1.82) is 0 Å². The molecule has 0 radical (unpaired) electrons. The molecule has 0 aliphatic heterocycles. The van der Waals surface area contributed by atoms with Crippen LogP contribution in [0.15, 0.2) is 30.3 Å². The molecule has 7 nitrogen and oxygen atoms in total. The minimum absolute atomic E-state index is 0.277. The van der Waals surface area contributed by atoms with Crippen molar-refractivity contribution in [2.24, 2.45) is 0 Å². The Hall–Kier alpha value is -2.44. The van der Waals surface area contributed by atoms with Gasteiger partial charge >= 0.3 is 12.1 Å². The summed E-state index contributed by atoms with van der Waals surface area (Å²) in [4.78, 5) is 22.9. The maximum atomic E-state index is 11.5. The second-order valence-electron chi connectivity index (χ2n) is 6.13. The van der Waals surface area contributed by atoms with Gasteiger partial charge in [0.1, 0.15) is 11.4 Å². The van der Waals surface area contributed by atoms with Crippen LogP contribution >= 0.6 is 0 Å². The summed E-state index contributed by atoms with van der Waals surface area (Å²) in [7, 11) is 0. The van der Waals surface area contributed by atoms with E-state index < -0.39 is 11.7 Å². The largest absolute Gasteiger partial charge is 0.494 e. The van der Waals surface area contributed by atoms with Gasteiger partial charge in [-0.2, -0.15) is 0 Å². The molecule has 0 fully saturated rings. The highest BCUT2D eigenvalue weighted by molar-refractivity contribution is 5.73. The van der Waals surface area contributed by atoms with Crippen molar-refractivity contribution in [2.45, 2.75) is 32.8 Å². The third-order valence-electron chi connectivity index (χ3n) is 2.70. The Morgan fingerprint density at radius 3 is 2.25 bits per heavy atom. The van der Waals surface area contributed by atoms with Crippen molar-refractivity contribution in [2.75, 3.05) is 26.2 Å². The zero-order chi connectivity index (χ0) is 17.8. The van der Waals surface area contributed by atoms with Crippen LogP contribution in [-0.2, 0) is 4.74 Å². The smallest absolute Gasteiger partial charge is 0.407 e. The van der Waals surface area contributed by atoms with Crippen LogP contribution in [0.25, 0.3) is 0 Å². The van der Waals surface area contributed by atoms with Gasteiger partial charge in [0.15, 0.2) is 0 Å². The van der Waals surface area contributed by atoms with E-state index in [4.69, 9.17) is 9.47 Å². The molecule has 3 N–H and O–H groups in total. The average Bonchev–Trinajstić information content (AvgIpc) is 2.50. The second-order valence-corrected chi connectivity index (χ2v) is 6.13. The van der Waals surface area contributed by atoms with E-state index >= 15 is 0 Å². The maximum Gasteiger partial charge on any atom is 0.407 e. The van der Waals surface area contributed by atoms with Crippen molar-refractivity contribution in [3.63, 3.8) is 0 Å². The molecule has 134 valence electrons. The lowest BCUT2D eigenvalue weighted by molar-refractivity contribution is 0.0528. The highest BCUT2D eigenvalue weighted by atomic mass is 16.6. The number of carbonyl (C=O) groups is 2. The lowest BCUT2D eigenvalue weighted by Crippen LogP contribution is -2.41. The Morgan fingerprint density at radius 1 is 0.958 bits per heavy atom. The fourth-order valence-corrected chi connectivity index (χ4v) is 1.70. The van der Waals surface area contributed by atoms with Crippen LogP contribution in [0.5, 0.6) is 5.75 Å². The molecule has 0 heterocycles. The molecule has 0 unspecified atom stereocenters. The van der Waals surface area contributed by atoms with Gasteiger partial charge in [0.25, 0.3) is 0 Å². The SMILES string of the molecule is CC(C)(C)OC(=O)NCCNC(=O)NCCCOc1ccccc1. The Kier molecular flexibility index (Phi) is 8.46. The van der Waals surface area contributed by atoms with Crippen molar-refractivity contribution in [1.82, 2.24) is 16.0 Å². The average molecular weight is 337 g/mol. The molecule has 0 aliphatic rings. The number of para-hydroxylation sites is 1. The molecule has 1 rings (SSSR count). The maximum absolute atomic E-state index is 11.5. The van der Waals surface area contributed by atoms with E-state index in [2.05, 4.69) is 16.0 Å². The highest BCUT2D eigenvalue weighted by Gasteiger charge is 2.15. The molecule has 24 heavy (non-hydrogen) atoms. The first-order chi connectivity index (χ1) is 11.4. The number of ether oxygens (including phenoxy) is 2. The van der Waals surface area contributed by atoms with Crippen LogP contribution in [0.4, 0.5) is 9.59 Å². The quantitative estimate of drug-likeness (QED) is 0.635. The van der Waals surface area contributed by atoms with Crippen LogP contribution in [0, 0.1) is 0 Å². The fourth-order valence-electron chi connectivity index (χ4n) is 1.70. The van der Waals surface area contributed by atoms with Gasteiger partial charge in [-0.25, -0.2) is 9.59 Å². The van der Waals surface area contributed by atoms with Gasteiger partial charge < -0.3 is 25.4 Å². The highest BCUT2D eigenvalue weighted by Crippen LogP contribution is 2.08. The Morgan fingerprint density at radius 2 is 1.58 bits per heavy atom. The predicted molar refractivity (Wildman–Crippen MR) is 92.2 cm³/mol. The van der Waals surface area contributed by atoms with E-state index in [1.807, 2.05) is 30.3 Å². The lowest BCUT2D eigenvalue weighted by Gasteiger charge is -2.19. The molecule has 3 amide bonds. The first-order valence-corrected chi connectivity index (χ1v) is 8.03. The van der Waals surface area contributed by atoms with E-state index in [9.17, 15) is 9.59 Å². The number of carbonyl (C=O) groups excluding carboxylic acids is 2. The van der Waals surface area contributed by atoms with Gasteiger partial charge in [-0.05, 0) is 39.3 Å². The molecule has 1 aromatic rings. The van der Waals surface area contributed by atoms with Gasteiger partial charge in [0, 0.05) is 19.6 Å². The number of hydrogen-bond acceptors (Lipinski definition) is 4. The standard InChI is InChI=1S/C17H27N3O4/c1-17(2,3)24-16(22)20-12-11-19-15(21)18-10-7-13-23-14-8-5-4-6-9-14/h4-6,8-9H,7,10-13H2,1-3H3,(H,20,22)(H2,18,19,21). The third kappa shape index (κ3) is 10.3. The molecule has 0 saturated carbocycles. The topological polar surface area (TPSA) is 88.7 Å². The number of hydrogen-bond donors (Lipinski definition) is 3. The zero-order valence-corrected chi connectivity index (χ0v) is 14.6. The van der Waals surface area contributed by atoms with Crippen LogP contribution < -0.4 is 20.7 Å². The monoisotopic (exact) mass is 337 g/mol. The van der Waals surface area contributed by atoms with Crippen LogP contribution in [0.3, 0.4) is 0 Å². The summed E-state index contributed by atoms with van der Waals surface area (Å²) in [6.07, 6.45) is 0.209. The van der Waals surface area contributed by atoms with E-state index in [0.29, 0.717) is 32.7 Å². The normalized spacial score (nSPS) is 10.6. The first-order valence-electron chi connectivity index (χ1n) is 8.03. The number of alkyl carbamates (subject to hydrolysis) is 1. The third-order valence-corrected chi connectivity index (χ3v) is 2.70. The van der Waals surface area contributed by atoms with Gasteiger partial charge in [0.05, 0.1) is 6.61 Å². The number of benzene rings is 1. The number of urea groups is 1. The van der Waals surface area contributed by atoms with Crippen molar-refractivity contribution in [3.05, 3.63) is 30.3 Å². The fraction of sp³-hybridized carbons (Fsp3) is 0.529. The summed E-state index contributed by atoms with van der Waals surface area (Å²) in [6, 6.07) is 9.24. The summed E-state index contributed by atoms with van der Waals surface area (Å²) in [5.41, 5.74) is -0.531. The van der Waals surface area contributed by atoms with Crippen molar-refractivity contribution in [3.8, 4) is 5.75 Å². The molecular formula is C17H27N3O4. The number of rotatable bonds is 8. The first kappa shape index (κ1) is 19.6. The van der Waals surface area contributed by atoms with Crippen molar-refractivity contribution < 1.29 is 19.1 Å². The van der Waals surface area contributed by atoms with Gasteiger partial charge in [-0.3, -0.25) is 0 Å². The van der Waals surface area contributed by atoms with Crippen LogP contribution in [0.2, 0.25) is 0 Å². The predicted octanol–water partition coefficient (Wildman–Crippen LogP) is 2.28. The molecule has 0 atom stereocenters. The summed E-state index contributed by atoms with van der Waals surface area (Å²) in [5.74, 6) is 0.815. The number of amides is 3. The Labute approximate surface area is 143 Å². The molecule has 1 aromatic carbocycles. The molecule has 0 spiro atoms. The molecule has 0 aromatic heterocycles. The molecule has 7 heteroatoms. The van der Waals surface area contributed by atoms with E-state index in [1.165, 1.54) is 0 Å². The summed E-state index contributed by atoms with van der Waals surface area (Å²) >= 11 is 0. The van der Waals surface area contributed by atoms with Crippen LogP contribution in [-0.4, -0.2) is 44.0 Å². The molecular weight excluding hydrogens is 310 g/mol. The van der Waals surface area contributed by atoms with E-state index in [1.54, 1.807) is 20.8 Å².